The normalized spacial score (nSPS) is 11.9. The summed E-state index contributed by atoms with van der Waals surface area (Å²) in [5, 5.41) is 4.86. The van der Waals surface area contributed by atoms with Crippen molar-refractivity contribution in [3.05, 3.63) is 101 Å². The van der Waals surface area contributed by atoms with Crippen molar-refractivity contribution in [1.82, 2.24) is 10.3 Å². The molecule has 4 nitrogen and oxygen atoms in total. The number of benzene rings is 3. The van der Waals surface area contributed by atoms with Gasteiger partial charge in [-0.05, 0) is 47.9 Å². The summed E-state index contributed by atoms with van der Waals surface area (Å²) in [6, 6.07) is 23.8. The van der Waals surface area contributed by atoms with Crippen molar-refractivity contribution in [2.45, 2.75) is 12.8 Å². The van der Waals surface area contributed by atoms with Crippen molar-refractivity contribution in [2.75, 3.05) is 13.2 Å². The van der Waals surface area contributed by atoms with E-state index in [0.717, 1.165) is 27.6 Å². The van der Waals surface area contributed by atoms with Crippen LogP contribution in [0.4, 0.5) is 0 Å². The van der Waals surface area contributed by atoms with Gasteiger partial charge in [0.05, 0.1) is 0 Å². The highest BCUT2D eigenvalue weighted by Gasteiger charge is 2.19. The smallest absolute Gasteiger partial charge is 0.257 e. The summed E-state index contributed by atoms with van der Waals surface area (Å²) in [6.45, 7) is 2.34. The lowest BCUT2D eigenvalue weighted by molar-refractivity contribution is -0.123. The fraction of sp³-hybridized carbons (Fsp3) is 0.160. The van der Waals surface area contributed by atoms with Gasteiger partial charge in [-0.25, -0.2) is 0 Å². The first-order chi connectivity index (χ1) is 14.6. The number of nitrogens with one attached hydrogen (secondary N) is 2. The van der Waals surface area contributed by atoms with E-state index in [1.54, 1.807) is 12.1 Å². The van der Waals surface area contributed by atoms with Crippen molar-refractivity contribution in [3.8, 4) is 5.75 Å². The van der Waals surface area contributed by atoms with Crippen molar-refractivity contribution in [3.63, 3.8) is 0 Å². The Kier molecular flexibility index (Phi) is 6.05. The number of aryl methyl sites for hydroxylation is 1. The van der Waals surface area contributed by atoms with E-state index in [1.807, 2.05) is 49.5 Å². The van der Waals surface area contributed by atoms with Crippen LogP contribution in [0.3, 0.4) is 0 Å². The van der Waals surface area contributed by atoms with Crippen molar-refractivity contribution in [2.24, 2.45) is 0 Å². The molecule has 3 aromatic carbocycles. The molecule has 0 saturated carbocycles. The summed E-state index contributed by atoms with van der Waals surface area (Å²) >= 11 is 6.04. The van der Waals surface area contributed by atoms with Gasteiger partial charge in [-0.3, -0.25) is 4.79 Å². The van der Waals surface area contributed by atoms with E-state index in [9.17, 15) is 4.79 Å². The number of H-pyrrole nitrogens is 1. The maximum Gasteiger partial charge on any atom is 0.257 e. The van der Waals surface area contributed by atoms with Gasteiger partial charge in [0.15, 0.2) is 6.61 Å². The summed E-state index contributed by atoms with van der Waals surface area (Å²) in [5.74, 6) is 0.496. The van der Waals surface area contributed by atoms with Gasteiger partial charge in [0, 0.05) is 34.6 Å². The van der Waals surface area contributed by atoms with Gasteiger partial charge in [-0.15, -0.1) is 0 Å². The molecule has 1 unspecified atom stereocenters. The molecule has 5 heteroatoms. The summed E-state index contributed by atoms with van der Waals surface area (Å²) in [7, 11) is 0. The lowest BCUT2D eigenvalue weighted by Gasteiger charge is -2.18. The Labute approximate surface area is 180 Å². The van der Waals surface area contributed by atoms with E-state index in [2.05, 4.69) is 34.6 Å². The molecule has 0 spiro atoms. The van der Waals surface area contributed by atoms with Crippen LogP contribution in [-0.2, 0) is 4.79 Å². The van der Waals surface area contributed by atoms with Crippen LogP contribution in [0.5, 0.6) is 5.75 Å². The molecule has 4 rings (SSSR count). The number of rotatable bonds is 7. The van der Waals surface area contributed by atoms with Gasteiger partial charge in [-0.1, -0.05) is 60.1 Å². The predicted molar refractivity (Wildman–Crippen MR) is 121 cm³/mol. The Balaban J connectivity index is 1.47. The van der Waals surface area contributed by atoms with Crippen molar-refractivity contribution >= 4 is 28.4 Å². The lowest BCUT2D eigenvalue weighted by Crippen LogP contribution is -2.32. The number of hydrogen-bond acceptors (Lipinski definition) is 2. The molecule has 152 valence electrons. The molecule has 0 aliphatic rings. The fourth-order valence-corrected chi connectivity index (χ4v) is 3.72. The third kappa shape index (κ3) is 4.50. The molecular weight excluding hydrogens is 396 g/mol. The maximum absolute atomic E-state index is 12.5. The van der Waals surface area contributed by atoms with E-state index < -0.39 is 0 Å². The molecule has 30 heavy (non-hydrogen) atoms. The largest absolute Gasteiger partial charge is 0.484 e. The molecule has 0 saturated heterocycles. The first kappa shape index (κ1) is 20.0. The van der Waals surface area contributed by atoms with Crippen LogP contribution < -0.4 is 10.1 Å². The van der Waals surface area contributed by atoms with E-state index >= 15 is 0 Å². The van der Waals surface area contributed by atoms with Crippen LogP contribution >= 0.6 is 11.6 Å². The number of halogens is 1. The Bertz CT molecular complexity index is 1150. The van der Waals surface area contributed by atoms with Gasteiger partial charge in [0.2, 0.25) is 0 Å². The number of aromatic amines is 1. The average molecular weight is 419 g/mol. The summed E-state index contributed by atoms with van der Waals surface area (Å²) in [6.07, 6.45) is 2.03. The quantitative estimate of drug-likeness (QED) is 0.419. The van der Waals surface area contributed by atoms with E-state index in [-0.39, 0.29) is 18.4 Å². The molecule has 1 heterocycles. The molecule has 0 aliphatic carbocycles. The zero-order chi connectivity index (χ0) is 20.9. The van der Waals surface area contributed by atoms with Crippen LogP contribution in [0.2, 0.25) is 5.02 Å². The van der Waals surface area contributed by atoms with Crippen LogP contribution in [0.25, 0.3) is 10.9 Å². The second kappa shape index (κ2) is 9.06. The standard InChI is InChI=1S/C25H23ClN2O2/c1-17-13-19(11-12-23(17)26)30-16-25(29)28-14-21(18-7-3-2-4-8-18)22-15-27-24-10-6-5-9-20(22)24/h2-13,15,21,27H,14,16H2,1H3,(H,28,29). The van der Waals surface area contributed by atoms with Crippen molar-refractivity contribution < 1.29 is 9.53 Å². The van der Waals surface area contributed by atoms with Crippen LogP contribution in [0, 0.1) is 6.92 Å². The highest BCUT2D eigenvalue weighted by atomic mass is 35.5. The van der Waals surface area contributed by atoms with E-state index in [1.165, 1.54) is 0 Å². The highest BCUT2D eigenvalue weighted by molar-refractivity contribution is 6.31. The monoisotopic (exact) mass is 418 g/mol. The molecule has 0 aliphatic heterocycles. The number of aromatic nitrogens is 1. The van der Waals surface area contributed by atoms with E-state index in [4.69, 9.17) is 16.3 Å². The Morgan fingerprint density at radius 2 is 1.83 bits per heavy atom. The zero-order valence-electron chi connectivity index (χ0n) is 16.7. The van der Waals surface area contributed by atoms with Gasteiger partial charge < -0.3 is 15.0 Å². The second-order valence-electron chi connectivity index (χ2n) is 7.26. The minimum absolute atomic E-state index is 0.0316. The second-order valence-corrected chi connectivity index (χ2v) is 7.66. The van der Waals surface area contributed by atoms with E-state index in [0.29, 0.717) is 17.3 Å². The number of hydrogen-bond donors (Lipinski definition) is 2. The molecule has 0 fully saturated rings. The molecule has 0 radical (unpaired) electrons. The van der Waals surface area contributed by atoms with Crippen LogP contribution in [0.1, 0.15) is 22.6 Å². The van der Waals surface area contributed by atoms with Gasteiger partial charge in [0.25, 0.3) is 5.91 Å². The van der Waals surface area contributed by atoms with Gasteiger partial charge in [0.1, 0.15) is 5.75 Å². The molecule has 1 atom stereocenters. The topological polar surface area (TPSA) is 54.1 Å². The number of ether oxygens (including phenoxy) is 1. The average Bonchev–Trinajstić information content (AvgIpc) is 3.19. The lowest BCUT2D eigenvalue weighted by atomic mass is 9.91. The zero-order valence-corrected chi connectivity index (χ0v) is 17.4. The molecule has 1 amide bonds. The Morgan fingerprint density at radius 1 is 1.07 bits per heavy atom. The molecular formula is C25H23ClN2O2. The molecule has 0 bridgehead atoms. The summed E-state index contributed by atoms with van der Waals surface area (Å²) in [5.41, 5.74) is 4.31. The molecule has 4 aromatic rings. The van der Waals surface area contributed by atoms with Crippen LogP contribution in [0.15, 0.2) is 79.0 Å². The Morgan fingerprint density at radius 3 is 2.63 bits per heavy atom. The predicted octanol–water partition coefficient (Wildman–Crippen LogP) is 5.46. The third-order valence-electron chi connectivity index (χ3n) is 5.20. The summed E-state index contributed by atoms with van der Waals surface area (Å²) in [4.78, 5) is 15.8. The van der Waals surface area contributed by atoms with Gasteiger partial charge in [-0.2, -0.15) is 0 Å². The minimum atomic E-state index is -0.164. The number of amides is 1. The Hall–Kier alpha value is -3.24. The highest BCUT2D eigenvalue weighted by Crippen LogP contribution is 2.30. The molecule has 2 N–H and O–H groups in total. The fourth-order valence-electron chi connectivity index (χ4n) is 3.60. The molecule has 1 aromatic heterocycles. The van der Waals surface area contributed by atoms with Crippen LogP contribution in [-0.4, -0.2) is 24.0 Å². The van der Waals surface area contributed by atoms with Gasteiger partial charge >= 0.3 is 0 Å². The number of para-hydroxylation sites is 1. The maximum atomic E-state index is 12.5. The minimum Gasteiger partial charge on any atom is -0.484 e. The summed E-state index contributed by atoms with van der Waals surface area (Å²) < 4.78 is 5.63. The number of carbonyl (C=O) groups excluding carboxylic acids is 1. The first-order valence-corrected chi connectivity index (χ1v) is 10.3. The number of fused-ring (bicyclic) bond motifs is 1. The third-order valence-corrected chi connectivity index (χ3v) is 5.63. The SMILES string of the molecule is Cc1cc(OCC(=O)NCC(c2ccccc2)c2c[nH]c3ccccc23)ccc1Cl. The first-order valence-electron chi connectivity index (χ1n) is 9.88. The number of carbonyl (C=O) groups is 1. The van der Waals surface area contributed by atoms with Crippen molar-refractivity contribution in [1.29, 1.82) is 0 Å².